The third-order valence-electron chi connectivity index (χ3n) is 5.77. The molecule has 0 saturated heterocycles. The van der Waals surface area contributed by atoms with Crippen LogP contribution < -0.4 is 10.6 Å². The quantitative estimate of drug-likeness (QED) is 0.208. The van der Waals surface area contributed by atoms with E-state index in [0.29, 0.717) is 23.6 Å². The predicted molar refractivity (Wildman–Crippen MR) is 139 cm³/mol. The summed E-state index contributed by atoms with van der Waals surface area (Å²) >= 11 is 0. The van der Waals surface area contributed by atoms with Gasteiger partial charge in [-0.2, -0.15) is 5.26 Å². The van der Waals surface area contributed by atoms with Crippen LogP contribution in [0, 0.1) is 18.3 Å². The van der Waals surface area contributed by atoms with Crippen molar-refractivity contribution in [3.8, 4) is 6.07 Å². The Balaban J connectivity index is 1.38. The predicted octanol–water partition coefficient (Wildman–Crippen LogP) is 3.59. The van der Waals surface area contributed by atoms with Gasteiger partial charge in [-0.3, -0.25) is 18.6 Å². The molecule has 3 heterocycles. The number of likely N-dealkylation sites (N-methyl/N-ethyl adjacent to an activating group) is 1. The Bertz CT molecular complexity index is 1480. The van der Waals surface area contributed by atoms with Gasteiger partial charge in [0.1, 0.15) is 11.3 Å². The molecule has 2 aromatic heterocycles. The molecule has 3 N–H and O–H groups in total. The number of aromatic nitrogens is 1. The second kappa shape index (κ2) is 11.6. The Kier molecular flexibility index (Phi) is 8.24. The molecule has 0 radical (unpaired) electrons. The summed E-state index contributed by atoms with van der Waals surface area (Å²) in [7, 11) is -2.88. The Morgan fingerprint density at radius 3 is 2.97 bits per heavy atom. The summed E-state index contributed by atoms with van der Waals surface area (Å²) in [5, 5.41) is 15.0. The molecule has 12 nitrogen and oxygen atoms in total. The fraction of sp³-hybridized carbons (Fsp3) is 0.280. The van der Waals surface area contributed by atoms with Gasteiger partial charge in [-0.05, 0) is 30.7 Å². The monoisotopic (exact) mass is 539 g/mol. The molecule has 198 valence electrons. The normalized spacial score (nSPS) is 16.7. The van der Waals surface area contributed by atoms with Crippen LogP contribution in [0.2, 0.25) is 0 Å². The minimum atomic E-state index is -4.55. The van der Waals surface area contributed by atoms with Gasteiger partial charge in [0.05, 0.1) is 37.9 Å². The number of anilines is 2. The fourth-order valence-corrected chi connectivity index (χ4v) is 4.62. The van der Waals surface area contributed by atoms with E-state index in [1.54, 1.807) is 25.3 Å². The Labute approximate surface area is 218 Å². The van der Waals surface area contributed by atoms with Gasteiger partial charge in [-0.25, -0.2) is 9.55 Å². The zero-order valence-corrected chi connectivity index (χ0v) is 21.6. The maximum atomic E-state index is 12.7. The van der Waals surface area contributed by atoms with Gasteiger partial charge in [0.2, 0.25) is 5.91 Å². The average molecular weight is 539 g/mol. The lowest BCUT2D eigenvalue weighted by Gasteiger charge is -2.17. The molecule has 4 rings (SSSR count). The molecule has 0 spiro atoms. The second-order valence-corrected chi connectivity index (χ2v) is 9.92. The fourth-order valence-electron chi connectivity index (χ4n) is 3.75. The number of carbonyl (C=O) groups is 2. The van der Waals surface area contributed by atoms with Crippen LogP contribution >= 0.6 is 7.82 Å². The van der Waals surface area contributed by atoms with E-state index in [1.165, 1.54) is 17.2 Å². The number of aryl methyl sites for hydroxylation is 1. The SMILES string of the molecule is Cc1c(CN(C)C(=O)/C=C/c2cnc3c(c2)NC[C@@H](OP(=O)(O)OCCC#N)C(=O)N3)oc2ccccc12. The Morgan fingerprint density at radius 1 is 1.42 bits per heavy atom. The first-order valence-corrected chi connectivity index (χ1v) is 13.1. The van der Waals surface area contributed by atoms with E-state index >= 15 is 0 Å². The van der Waals surface area contributed by atoms with E-state index in [0.717, 1.165) is 16.5 Å². The molecular weight excluding hydrogens is 513 g/mol. The van der Waals surface area contributed by atoms with E-state index in [9.17, 15) is 19.0 Å². The highest BCUT2D eigenvalue weighted by molar-refractivity contribution is 7.47. The summed E-state index contributed by atoms with van der Waals surface area (Å²) in [6, 6.07) is 11.1. The number of nitrogens with one attached hydrogen (secondary N) is 2. The third-order valence-corrected chi connectivity index (χ3v) is 6.80. The molecule has 0 fully saturated rings. The van der Waals surface area contributed by atoms with Gasteiger partial charge < -0.3 is 24.8 Å². The zero-order valence-electron chi connectivity index (χ0n) is 20.7. The minimum Gasteiger partial charge on any atom is -0.459 e. The highest BCUT2D eigenvalue weighted by atomic mass is 31.2. The summed E-state index contributed by atoms with van der Waals surface area (Å²) in [5.41, 5.74) is 2.77. The van der Waals surface area contributed by atoms with E-state index < -0.39 is 19.8 Å². The summed E-state index contributed by atoms with van der Waals surface area (Å²) in [4.78, 5) is 40.7. The number of para-hydroxylation sites is 1. The molecule has 0 aliphatic carbocycles. The largest absolute Gasteiger partial charge is 0.473 e. The number of benzene rings is 1. The van der Waals surface area contributed by atoms with Gasteiger partial charge >= 0.3 is 7.82 Å². The van der Waals surface area contributed by atoms with Crippen LogP contribution in [0.4, 0.5) is 11.5 Å². The van der Waals surface area contributed by atoms with Gasteiger partial charge in [0.15, 0.2) is 11.9 Å². The van der Waals surface area contributed by atoms with Crippen LogP contribution in [0.3, 0.4) is 0 Å². The Morgan fingerprint density at radius 2 is 2.21 bits per heavy atom. The number of phosphoric ester groups is 1. The van der Waals surface area contributed by atoms with Crippen LogP contribution in [0.5, 0.6) is 0 Å². The van der Waals surface area contributed by atoms with Crippen LogP contribution in [0.25, 0.3) is 17.0 Å². The maximum Gasteiger partial charge on any atom is 0.473 e. The number of fused-ring (bicyclic) bond motifs is 2. The van der Waals surface area contributed by atoms with Crippen LogP contribution in [0.1, 0.15) is 23.3 Å². The van der Waals surface area contributed by atoms with Crippen LogP contribution in [-0.2, 0) is 29.7 Å². The molecule has 1 aliphatic heterocycles. The number of hydrogen-bond donors (Lipinski definition) is 3. The highest BCUT2D eigenvalue weighted by Gasteiger charge is 2.33. The van der Waals surface area contributed by atoms with Gasteiger partial charge in [0.25, 0.3) is 5.91 Å². The molecule has 13 heteroatoms. The summed E-state index contributed by atoms with van der Waals surface area (Å²) in [6.45, 7) is 1.81. The molecular formula is C25H26N5O7P. The first-order chi connectivity index (χ1) is 18.2. The number of pyridine rings is 1. The number of phosphoric acid groups is 1. The lowest BCUT2D eigenvalue weighted by Crippen LogP contribution is -2.33. The summed E-state index contributed by atoms with van der Waals surface area (Å²) < 4.78 is 27.6. The van der Waals surface area contributed by atoms with E-state index in [4.69, 9.17) is 14.2 Å². The third kappa shape index (κ3) is 6.45. The van der Waals surface area contributed by atoms with E-state index in [2.05, 4.69) is 20.1 Å². The number of hydrogen-bond acceptors (Lipinski definition) is 9. The molecule has 38 heavy (non-hydrogen) atoms. The van der Waals surface area contributed by atoms with Crippen molar-refractivity contribution in [1.82, 2.24) is 9.88 Å². The van der Waals surface area contributed by atoms with Crippen molar-refractivity contribution in [3.05, 3.63) is 59.5 Å². The van der Waals surface area contributed by atoms with Crippen molar-refractivity contribution < 1.29 is 32.5 Å². The van der Waals surface area contributed by atoms with Crippen molar-refractivity contribution in [2.24, 2.45) is 0 Å². The van der Waals surface area contributed by atoms with Gasteiger partial charge in [-0.15, -0.1) is 0 Å². The van der Waals surface area contributed by atoms with E-state index in [1.807, 2.05) is 31.2 Å². The highest BCUT2D eigenvalue weighted by Crippen LogP contribution is 2.45. The Hall–Kier alpha value is -4.01. The van der Waals surface area contributed by atoms with Crippen LogP contribution in [-0.4, -0.2) is 52.9 Å². The van der Waals surface area contributed by atoms with Gasteiger partial charge in [0, 0.05) is 30.3 Å². The number of nitrogens with zero attached hydrogens (tertiary/aromatic N) is 3. The number of nitriles is 1. The second-order valence-electron chi connectivity index (χ2n) is 8.51. The van der Waals surface area contributed by atoms with Crippen molar-refractivity contribution >= 4 is 48.2 Å². The molecule has 0 bridgehead atoms. The summed E-state index contributed by atoms with van der Waals surface area (Å²) in [5.74, 6) is -0.0329. The maximum absolute atomic E-state index is 12.7. The summed E-state index contributed by atoms with van der Waals surface area (Å²) in [6.07, 6.45) is 3.01. The molecule has 0 saturated carbocycles. The van der Waals surface area contributed by atoms with Crippen molar-refractivity contribution in [1.29, 1.82) is 5.26 Å². The standard InChI is InChI=1S/C25H26N5O7P/c1-16-18-6-3-4-7-20(18)36-22(16)15-30(2)23(31)9-8-17-12-19-24(28-13-17)29-25(32)21(14-27-19)37-38(33,34)35-11-5-10-26/h3-4,6-9,12-13,21,27H,5,11,14-15H2,1-2H3,(H,33,34)(H,28,29,32)/b9-8+/t21-/m1/s1. The minimum absolute atomic E-state index is 0.105. The zero-order chi connectivity index (χ0) is 27.3. The van der Waals surface area contributed by atoms with Crippen molar-refractivity contribution in [3.63, 3.8) is 0 Å². The van der Waals surface area contributed by atoms with Crippen molar-refractivity contribution in [2.45, 2.75) is 26.0 Å². The molecule has 2 amide bonds. The average Bonchev–Trinajstić information content (AvgIpc) is 3.11. The molecule has 1 aromatic carbocycles. The number of furan rings is 1. The molecule has 2 atom stereocenters. The van der Waals surface area contributed by atoms with E-state index in [-0.39, 0.29) is 31.3 Å². The number of carbonyl (C=O) groups excluding carboxylic acids is 2. The number of rotatable bonds is 9. The molecule has 3 aromatic rings. The topological polar surface area (TPSA) is 167 Å². The van der Waals surface area contributed by atoms with Gasteiger partial charge in [-0.1, -0.05) is 18.2 Å². The lowest BCUT2D eigenvalue weighted by molar-refractivity contribution is -0.125. The molecule has 1 aliphatic rings. The molecule has 1 unspecified atom stereocenters. The first-order valence-electron chi connectivity index (χ1n) is 11.6. The van der Waals surface area contributed by atoms with Crippen LogP contribution in [0.15, 0.2) is 47.0 Å². The lowest BCUT2D eigenvalue weighted by atomic mass is 10.1. The first kappa shape index (κ1) is 27.0. The smallest absolute Gasteiger partial charge is 0.459 e. The van der Waals surface area contributed by atoms with Crippen molar-refractivity contribution in [2.75, 3.05) is 30.8 Å². The number of amides is 2.